The highest BCUT2D eigenvalue weighted by atomic mass is 35.5. The quantitative estimate of drug-likeness (QED) is 0.465. The van der Waals surface area contributed by atoms with Gasteiger partial charge in [0.25, 0.3) is 5.91 Å². The molecule has 2 amide bonds. The van der Waals surface area contributed by atoms with E-state index in [4.69, 9.17) is 16.0 Å². The van der Waals surface area contributed by atoms with E-state index >= 15 is 0 Å². The van der Waals surface area contributed by atoms with Crippen LogP contribution in [0.2, 0.25) is 5.02 Å². The number of halogens is 1. The number of carbonyl (C=O) groups is 2. The van der Waals surface area contributed by atoms with Gasteiger partial charge in [0.05, 0.1) is 28.2 Å². The molecule has 0 radical (unpaired) electrons. The molecule has 3 aromatic rings. The predicted octanol–water partition coefficient (Wildman–Crippen LogP) is 4.63. The van der Waals surface area contributed by atoms with Gasteiger partial charge in [0.2, 0.25) is 5.91 Å². The van der Waals surface area contributed by atoms with Crippen molar-refractivity contribution < 1.29 is 14.0 Å². The van der Waals surface area contributed by atoms with Gasteiger partial charge in [0, 0.05) is 12.6 Å². The molecule has 0 saturated carbocycles. The molecule has 144 valence electrons. The number of benzene rings is 1. The number of nitrogens with one attached hydrogen (secondary N) is 2. The smallest absolute Gasteiger partial charge is 0.260 e. The van der Waals surface area contributed by atoms with Crippen LogP contribution in [0.3, 0.4) is 0 Å². The maximum Gasteiger partial charge on any atom is 0.260 e. The van der Waals surface area contributed by atoms with Crippen molar-refractivity contribution in [2.24, 2.45) is 0 Å². The molecule has 9 heteroatoms. The van der Waals surface area contributed by atoms with E-state index in [1.54, 1.807) is 43.5 Å². The van der Waals surface area contributed by atoms with Crippen LogP contribution < -0.4 is 10.6 Å². The molecule has 2 N–H and O–H groups in total. The summed E-state index contributed by atoms with van der Waals surface area (Å²) in [4.78, 5) is 32.9. The molecule has 7 nitrogen and oxygen atoms in total. The summed E-state index contributed by atoms with van der Waals surface area (Å²) in [6.45, 7) is 3.15. The Labute approximate surface area is 170 Å². The van der Waals surface area contributed by atoms with Crippen LogP contribution in [0.15, 0.2) is 46.0 Å². The normalized spacial score (nSPS) is 10.6. The van der Waals surface area contributed by atoms with E-state index in [1.807, 2.05) is 6.26 Å². The molecule has 0 saturated heterocycles. The van der Waals surface area contributed by atoms with E-state index in [0.29, 0.717) is 44.3 Å². The van der Waals surface area contributed by atoms with Gasteiger partial charge in [-0.2, -0.15) is 0 Å². The number of rotatable bonds is 5. The number of furan rings is 1. The molecule has 0 aliphatic carbocycles. The fraction of sp³-hybridized carbons (Fsp3) is 0.158. The first kappa shape index (κ1) is 19.9. The van der Waals surface area contributed by atoms with Crippen molar-refractivity contribution in [3.63, 3.8) is 0 Å². The highest BCUT2D eigenvalue weighted by molar-refractivity contribution is 7.98. The monoisotopic (exact) mass is 416 g/mol. The van der Waals surface area contributed by atoms with Crippen LogP contribution in [-0.4, -0.2) is 28.0 Å². The molecule has 28 heavy (non-hydrogen) atoms. The minimum absolute atomic E-state index is 0.207. The molecule has 0 spiro atoms. The fourth-order valence-corrected chi connectivity index (χ4v) is 3.40. The lowest BCUT2D eigenvalue weighted by atomic mass is 10.2. The molecule has 1 aromatic carbocycles. The number of nitrogens with zero attached hydrogens (tertiary/aromatic N) is 2. The summed E-state index contributed by atoms with van der Waals surface area (Å²) in [6, 6.07) is 8.35. The zero-order valence-electron chi connectivity index (χ0n) is 15.4. The lowest BCUT2D eigenvalue weighted by Gasteiger charge is -2.13. The topological polar surface area (TPSA) is 97.1 Å². The minimum atomic E-state index is -0.373. The van der Waals surface area contributed by atoms with Crippen molar-refractivity contribution in [2.75, 3.05) is 16.9 Å². The maximum absolute atomic E-state index is 12.9. The zero-order valence-corrected chi connectivity index (χ0v) is 16.9. The first-order valence-corrected chi connectivity index (χ1v) is 9.84. The summed E-state index contributed by atoms with van der Waals surface area (Å²) >= 11 is 7.58. The predicted molar refractivity (Wildman–Crippen MR) is 110 cm³/mol. The highest BCUT2D eigenvalue weighted by Crippen LogP contribution is 2.29. The Morgan fingerprint density at radius 1 is 1.18 bits per heavy atom. The number of aryl methyl sites for hydroxylation is 1. The van der Waals surface area contributed by atoms with Crippen molar-refractivity contribution in [3.05, 3.63) is 52.9 Å². The van der Waals surface area contributed by atoms with Crippen molar-refractivity contribution in [2.45, 2.75) is 18.9 Å². The minimum Gasteiger partial charge on any atom is -0.461 e. The molecule has 0 atom stereocenters. The lowest BCUT2D eigenvalue weighted by Crippen LogP contribution is -2.17. The molecule has 2 aromatic heterocycles. The van der Waals surface area contributed by atoms with Crippen molar-refractivity contribution in [1.29, 1.82) is 0 Å². The van der Waals surface area contributed by atoms with Crippen LogP contribution in [-0.2, 0) is 4.79 Å². The molecule has 0 fully saturated rings. The van der Waals surface area contributed by atoms with E-state index in [9.17, 15) is 9.59 Å². The average Bonchev–Trinajstić information content (AvgIpc) is 3.17. The number of hydrogen-bond donors (Lipinski definition) is 2. The van der Waals surface area contributed by atoms with Gasteiger partial charge in [-0.3, -0.25) is 9.59 Å². The molecule has 0 aliphatic heterocycles. The van der Waals surface area contributed by atoms with Gasteiger partial charge in [-0.15, -0.1) is 11.8 Å². The number of aromatic nitrogens is 2. The van der Waals surface area contributed by atoms with Gasteiger partial charge in [0.15, 0.2) is 11.6 Å². The molecule has 3 rings (SSSR count). The van der Waals surface area contributed by atoms with E-state index < -0.39 is 0 Å². The first-order chi connectivity index (χ1) is 13.4. The molecular formula is C19H17ClN4O3S. The summed E-state index contributed by atoms with van der Waals surface area (Å²) < 4.78 is 5.34. The van der Waals surface area contributed by atoms with Gasteiger partial charge < -0.3 is 15.1 Å². The molecule has 0 unspecified atom stereocenters. The van der Waals surface area contributed by atoms with Crippen LogP contribution in [0.25, 0.3) is 11.6 Å². The van der Waals surface area contributed by atoms with E-state index in [2.05, 4.69) is 20.6 Å². The second-order valence-corrected chi connectivity index (χ2v) is 7.03. The Morgan fingerprint density at radius 3 is 2.57 bits per heavy atom. The number of hydrogen-bond acceptors (Lipinski definition) is 6. The second kappa shape index (κ2) is 8.45. The Morgan fingerprint density at radius 2 is 1.96 bits per heavy atom. The number of amides is 2. The third-order valence-corrected chi connectivity index (χ3v) is 4.75. The van der Waals surface area contributed by atoms with Crippen LogP contribution in [0.5, 0.6) is 0 Å². The van der Waals surface area contributed by atoms with Crippen LogP contribution in [0.4, 0.5) is 11.4 Å². The maximum atomic E-state index is 12.9. The number of thioether (sulfide) groups is 1. The van der Waals surface area contributed by atoms with Gasteiger partial charge in [-0.05, 0) is 43.5 Å². The van der Waals surface area contributed by atoms with Crippen LogP contribution in [0, 0.1) is 6.92 Å². The lowest BCUT2D eigenvalue weighted by molar-refractivity contribution is -0.114. The molecular weight excluding hydrogens is 400 g/mol. The zero-order chi connectivity index (χ0) is 20.3. The van der Waals surface area contributed by atoms with Gasteiger partial charge in [-0.1, -0.05) is 11.6 Å². The largest absolute Gasteiger partial charge is 0.461 e. The standard InChI is InChI=1S/C19H17ClN4O3S/c1-10-16(19(28-3)24-17(21-10)15-5-4-8-27-15)18(26)23-14-7-6-12(9-13(14)20)22-11(2)25/h4-9H,1-3H3,(H,22,25)(H,23,26). The van der Waals surface area contributed by atoms with Crippen molar-refractivity contribution in [1.82, 2.24) is 9.97 Å². The summed E-state index contributed by atoms with van der Waals surface area (Å²) in [5, 5.41) is 6.24. The summed E-state index contributed by atoms with van der Waals surface area (Å²) in [5.41, 5.74) is 1.85. The van der Waals surface area contributed by atoms with Gasteiger partial charge in [0.1, 0.15) is 5.03 Å². The highest BCUT2D eigenvalue weighted by Gasteiger charge is 2.20. The second-order valence-electron chi connectivity index (χ2n) is 5.82. The summed E-state index contributed by atoms with van der Waals surface area (Å²) in [5.74, 6) is 0.368. The third-order valence-electron chi connectivity index (χ3n) is 3.76. The average molecular weight is 417 g/mol. The molecule has 0 bridgehead atoms. The van der Waals surface area contributed by atoms with Gasteiger partial charge >= 0.3 is 0 Å². The van der Waals surface area contributed by atoms with Crippen molar-refractivity contribution >= 4 is 46.6 Å². The Kier molecular flexibility index (Phi) is 6.01. The SMILES string of the molecule is CSc1nc(-c2ccco2)nc(C)c1C(=O)Nc1ccc(NC(C)=O)cc1Cl. The van der Waals surface area contributed by atoms with Crippen LogP contribution in [0.1, 0.15) is 23.0 Å². The Bertz CT molecular complexity index is 1040. The summed E-state index contributed by atoms with van der Waals surface area (Å²) in [6.07, 6.45) is 3.37. The van der Waals surface area contributed by atoms with E-state index in [1.165, 1.54) is 18.7 Å². The van der Waals surface area contributed by atoms with Gasteiger partial charge in [-0.25, -0.2) is 9.97 Å². The van der Waals surface area contributed by atoms with E-state index in [0.717, 1.165) is 0 Å². The van der Waals surface area contributed by atoms with Crippen molar-refractivity contribution in [3.8, 4) is 11.6 Å². The fourth-order valence-electron chi connectivity index (χ4n) is 2.55. The number of carbonyl (C=O) groups excluding carboxylic acids is 2. The van der Waals surface area contributed by atoms with E-state index in [-0.39, 0.29) is 11.8 Å². The summed E-state index contributed by atoms with van der Waals surface area (Å²) in [7, 11) is 0. The van der Waals surface area contributed by atoms with Crippen LogP contribution >= 0.6 is 23.4 Å². The first-order valence-electron chi connectivity index (χ1n) is 8.24. The molecule has 0 aliphatic rings. The third kappa shape index (κ3) is 4.35. The number of anilines is 2. The molecule has 2 heterocycles. The Hall–Kier alpha value is -2.84. The Balaban J connectivity index is 1.89.